The van der Waals surface area contributed by atoms with Gasteiger partial charge in [-0.3, -0.25) is 4.79 Å². The van der Waals surface area contributed by atoms with E-state index in [1.54, 1.807) is 0 Å². The highest BCUT2D eigenvalue weighted by atomic mass is 32.1. The largest absolute Gasteiger partial charge is 0.396 e. The zero-order chi connectivity index (χ0) is 14.7. The fourth-order valence-corrected chi connectivity index (χ4v) is 3.87. The smallest absolute Gasteiger partial charge is 0.266 e. The molecule has 0 radical (unpaired) electrons. The Hall–Kier alpha value is -1.59. The molecule has 3 rings (SSSR count). The minimum Gasteiger partial charge on any atom is -0.396 e. The van der Waals surface area contributed by atoms with Crippen LogP contribution >= 0.6 is 11.3 Å². The zero-order valence-electron chi connectivity index (χ0n) is 11.9. The predicted molar refractivity (Wildman–Crippen MR) is 84.0 cm³/mol. The van der Waals surface area contributed by atoms with E-state index in [9.17, 15) is 4.79 Å². The van der Waals surface area contributed by atoms with Gasteiger partial charge in [-0.25, -0.2) is 0 Å². The lowest BCUT2D eigenvalue weighted by molar-refractivity contribution is 0.0729. The molecule has 1 N–H and O–H groups in total. The van der Waals surface area contributed by atoms with Gasteiger partial charge in [-0.1, -0.05) is 0 Å². The summed E-state index contributed by atoms with van der Waals surface area (Å²) >= 11 is 1.51. The highest BCUT2D eigenvalue weighted by Crippen LogP contribution is 2.28. The van der Waals surface area contributed by atoms with Gasteiger partial charge >= 0.3 is 0 Å². The number of carbonyl (C=O) groups is 1. The van der Waals surface area contributed by atoms with Gasteiger partial charge in [0, 0.05) is 31.6 Å². The molecule has 1 aliphatic heterocycles. The average molecular weight is 304 g/mol. The number of thiophene rings is 1. The summed E-state index contributed by atoms with van der Waals surface area (Å²) in [5.74, 6) is 0.133. The summed E-state index contributed by atoms with van der Waals surface area (Å²) in [7, 11) is 0. The summed E-state index contributed by atoms with van der Waals surface area (Å²) in [6.45, 7) is 1.03. The van der Waals surface area contributed by atoms with E-state index in [2.05, 4.69) is 0 Å². The van der Waals surface area contributed by atoms with Crippen LogP contribution in [0.2, 0.25) is 0 Å². The molecule has 5 heteroatoms. The Morgan fingerprint density at radius 1 is 1.38 bits per heavy atom. The Morgan fingerprint density at radius 3 is 2.95 bits per heavy atom. The van der Waals surface area contributed by atoms with E-state index in [0.717, 1.165) is 42.8 Å². The summed E-state index contributed by atoms with van der Waals surface area (Å²) in [4.78, 5) is 15.7. The van der Waals surface area contributed by atoms with Crippen molar-refractivity contribution in [1.29, 1.82) is 0 Å². The second-order valence-electron chi connectivity index (χ2n) is 5.39. The minimum atomic E-state index is 0.133. The molecule has 112 valence electrons. The van der Waals surface area contributed by atoms with Gasteiger partial charge in [0.2, 0.25) is 0 Å². The summed E-state index contributed by atoms with van der Waals surface area (Å²) in [5.41, 5.74) is 0.961. The molecule has 2 aromatic rings. The van der Waals surface area contributed by atoms with E-state index in [1.165, 1.54) is 11.3 Å². The van der Waals surface area contributed by atoms with Crippen LogP contribution in [0.15, 0.2) is 36.0 Å². The van der Waals surface area contributed by atoms with Crippen molar-refractivity contribution in [2.24, 2.45) is 0 Å². The van der Waals surface area contributed by atoms with Crippen molar-refractivity contribution in [1.82, 2.24) is 9.47 Å². The van der Waals surface area contributed by atoms with E-state index in [-0.39, 0.29) is 18.6 Å². The van der Waals surface area contributed by atoms with Gasteiger partial charge in [0.05, 0.1) is 5.69 Å². The van der Waals surface area contributed by atoms with Gasteiger partial charge in [-0.05, 0) is 49.3 Å². The van der Waals surface area contributed by atoms with Gasteiger partial charge in [-0.15, -0.1) is 11.3 Å². The Bertz CT molecular complexity index is 591. The van der Waals surface area contributed by atoms with Crippen molar-refractivity contribution in [3.8, 4) is 5.69 Å². The first-order valence-corrected chi connectivity index (χ1v) is 8.32. The summed E-state index contributed by atoms with van der Waals surface area (Å²) in [5, 5.41) is 11.0. The molecule has 2 aromatic heterocycles. The number of aromatic nitrogens is 1. The van der Waals surface area contributed by atoms with E-state index in [0.29, 0.717) is 0 Å². The van der Waals surface area contributed by atoms with E-state index in [1.807, 2.05) is 45.4 Å². The van der Waals surface area contributed by atoms with Gasteiger partial charge in [0.1, 0.15) is 4.88 Å². The van der Waals surface area contributed by atoms with Gasteiger partial charge in [0.25, 0.3) is 5.91 Å². The molecule has 1 unspecified atom stereocenters. The van der Waals surface area contributed by atoms with Crippen LogP contribution in [0, 0.1) is 0 Å². The number of rotatable bonds is 5. The third-order valence-corrected chi connectivity index (χ3v) is 4.95. The van der Waals surface area contributed by atoms with Crippen LogP contribution < -0.4 is 0 Å². The van der Waals surface area contributed by atoms with Crippen molar-refractivity contribution in [3.63, 3.8) is 0 Å². The van der Waals surface area contributed by atoms with Gasteiger partial charge < -0.3 is 14.6 Å². The number of aliphatic hydroxyl groups is 1. The summed E-state index contributed by atoms with van der Waals surface area (Å²) in [6.07, 6.45) is 7.70. The zero-order valence-corrected chi connectivity index (χ0v) is 12.8. The average Bonchev–Trinajstić information content (AvgIpc) is 3.23. The number of nitrogens with zero attached hydrogens (tertiary/aromatic N) is 2. The van der Waals surface area contributed by atoms with Gasteiger partial charge in [-0.2, -0.15) is 0 Å². The van der Waals surface area contributed by atoms with Crippen molar-refractivity contribution in [3.05, 3.63) is 40.8 Å². The SMILES string of the molecule is O=C(c1sccc1-n1cccc1)N1CCCC1CCCO. The molecule has 1 aliphatic rings. The number of amides is 1. The Balaban J connectivity index is 1.81. The van der Waals surface area contributed by atoms with Crippen LogP contribution in [0.3, 0.4) is 0 Å². The van der Waals surface area contributed by atoms with Crippen molar-refractivity contribution < 1.29 is 9.90 Å². The maximum atomic E-state index is 12.9. The molecule has 4 nitrogen and oxygen atoms in total. The quantitative estimate of drug-likeness (QED) is 0.923. The fraction of sp³-hybridized carbons (Fsp3) is 0.438. The molecular formula is C16H20N2O2S. The molecule has 1 amide bonds. The number of hydrogen-bond acceptors (Lipinski definition) is 3. The highest BCUT2D eigenvalue weighted by Gasteiger charge is 2.30. The van der Waals surface area contributed by atoms with E-state index in [4.69, 9.17) is 5.11 Å². The molecule has 0 aliphatic carbocycles. The third kappa shape index (κ3) is 2.89. The molecule has 0 bridgehead atoms. The van der Waals surface area contributed by atoms with E-state index < -0.39 is 0 Å². The lowest BCUT2D eigenvalue weighted by atomic mass is 10.1. The Labute approximate surface area is 128 Å². The number of carbonyl (C=O) groups excluding carboxylic acids is 1. The normalized spacial score (nSPS) is 18.3. The predicted octanol–water partition coefficient (Wildman–Crippen LogP) is 2.92. The molecule has 1 fully saturated rings. The topological polar surface area (TPSA) is 45.5 Å². The first-order valence-electron chi connectivity index (χ1n) is 7.44. The highest BCUT2D eigenvalue weighted by molar-refractivity contribution is 7.12. The molecule has 3 heterocycles. The minimum absolute atomic E-state index is 0.133. The lowest BCUT2D eigenvalue weighted by Gasteiger charge is -2.24. The summed E-state index contributed by atoms with van der Waals surface area (Å²) in [6, 6.07) is 6.21. The maximum Gasteiger partial charge on any atom is 0.266 e. The number of hydrogen-bond donors (Lipinski definition) is 1. The number of aliphatic hydroxyl groups excluding tert-OH is 1. The first-order chi connectivity index (χ1) is 10.3. The van der Waals surface area contributed by atoms with Crippen LogP contribution in [0.5, 0.6) is 0 Å². The fourth-order valence-electron chi connectivity index (χ4n) is 3.02. The van der Waals surface area contributed by atoms with Crippen LogP contribution in [0.1, 0.15) is 35.4 Å². The Morgan fingerprint density at radius 2 is 2.19 bits per heavy atom. The van der Waals surface area contributed by atoms with Crippen molar-refractivity contribution >= 4 is 17.2 Å². The van der Waals surface area contributed by atoms with Crippen LogP contribution in [0.4, 0.5) is 0 Å². The summed E-state index contributed by atoms with van der Waals surface area (Å²) < 4.78 is 1.99. The molecule has 1 atom stereocenters. The standard InChI is InChI=1S/C16H20N2O2S/c19-11-4-6-13-5-3-10-18(13)16(20)15-14(7-12-21-15)17-8-1-2-9-17/h1-2,7-9,12-13,19H,3-6,10-11H2. The molecular weight excluding hydrogens is 284 g/mol. The van der Waals surface area contributed by atoms with E-state index >= 15 is 0 Å². The second-order valence-corrected chi connectivity index (χ2v) is 6.30. The molecule has 1 saturated heterocycles. The monoisotopic (exact) mass is 304 g/mol. The Kier molecular flexibility index (Phi) is 4.41. The number of likely N-dealkylation sites (tertiary alicyclic amines) is 1. The maximum absolute atomic E-state index is 12.9. The molecule has 21 heavy (non-hydrogen) atoms. The van der Waals surface area contributed by atoms with Crippen molar-refractivity contribution in [2.45, 2.75) is 31.7 Å². The van der Waals surface area contributed by atoms with Crippen LogP contribution in [0.25, 0.3) is 5.69 Å². The lowest BCUT2D eigenvalue weighted by Crippen LogP contribution is -2.35. The molecule has 0 saturated carbocycles. The molecule has 0 aromatic carbocycles. The first kappa shape index (κ1) is 14.4. The second kappa shape index (κ2) is 6.45. The third-order valence-electron chi connectivity index (χ3n) is 4.05. The van der Waals surface area contributed by atoms with Gasteiger partial charge in [0.15, 0.2) is 0 Å². The molecule has 0 spiro atoms. The van der Waals surface area contributed by atoms with Crippen LogP contribution in [-0.2, 0) is 0 Å². The van der Waals surface area contributed by atoms with Crippen LogP contribution in [-0.4, -0.2) is 39.7 Å². The van der Waals surface area contributed by atoms with Crippen molar-refractivity contribution in [2.75, 3.05) is 13.2 Å².